The third kappa shape index (κ3) is 3.12. The van der Waals surface area contributed by atoms with Gasteiger partial charge in [0.1, 0.15) is 10.7 Å². The van der Waals surface area contributed by atoms with Crippen LogP contribution in [0.1, 0.15) is 33.6 Å². The quantitative estimate of drug-likeness (QED) is 0.907. The van der Waals surface area contributed by atoms with Crippen LogP contribution in [0.25, 0.3) is 0 Å². The highest BCUT2D eigenvalue weighted by Gasteiger charge is 2.33. The second-order valence-electron chi connectivity index (χ2n) is 6.46. The highest BCUT2D eigenvalue weighted by Crippen LogP contribution is 2.35. The summed E-state index contributed by atoms with van der Waals surface area (Å²) in [6, 6.07) is 3.04. The summed E-state index contributed by atoms with van der Waals surface area (Å²) >= 11 is 0. The Morgan fingerprint density at radius 1 is 1.25 bits per heavy atom. The van der Waals surface area contributed by atoms with Crippen LogP contribution in [0.15, 0.2) is 23.2 Å². The first-order valence-electron chi connectivity index (χ1n) is 6.93. The van der Waals surface area contributed by atoms with Gasteiger partial charge in [0.2, 0.25) is 10.0 Å². The van der Waals surface area contributed by atoms with Gasteiger partial charge in [0.05, 0.1) is 0 Å². The van der Waals surface area contributed by atoms with Gasteiger partial charge in [-0.2, -0.15) is 4.31 Å². The molecule has 0 bridgehead atoms. The van der Waals surface area contributed by atoms with Gasteiger partial charge in [0.15, 0.2) is 0 Å². The zero-order valence-electron chi connectivity index (χ0n) is 12.3. The molecular formula is C14H23N3O2S. The fourth-order valence-electron chi connectivity index (χ4n) is 2.66. The maximum Gasteiger partial charge on any atom is 0.244 e. The molecule has 2 N–H and O–H groups in total. The van der Waals surface area contributed by atoms with Crippen LogP contribution in [-0.4, -0.2) is 30.8 Å². The van der Waals surface area contributed by atoms with Crippen LogP contribution < -0.4 is 5.73 Å². The number of aromatic nitrogens is 1. The van der Waals surface area contributed by atoms with Gasteiger partial charge in [0.25, 0.3) is 0 Å². The van der Waals surface area contributed by atoms with Crippen LogP contribution in [0.2, 0.25) is 0 Å². The van der Waals surface area contributed by atoms with Crippen LogP contribution in [-0.2, 0) is 10.0 Å². The molecule has 0 saturated carbocycles. The SMILES string of the molecule is CC(C)(C)C1CCN(S(=O)(=O)c2ccc(N)nc2)CC1. The van der Waals surface area contributed by atoms with E-state index in [0.29, 0.717) is 24.8 Å². The monoisotopic (exact) mass is 297 g/mol. The number of pyridine rings is 1. The summed E-state index contributed by atoms with van der Waals surface area (Å²) in [6.07, 6.45) is 3.15. The van der Waals surface area contributed by atoms with Crippen molar-refractivity contribution in [1.29, 1.82) is 0 Å². The minimum absolute atomic E-state index is 0.223. The molecular weight excluding hydrogens is 274 g/mol. The van der Waals surface area contributed by atoms with Crippen LogP contribution in [0.3, 0.4) is 0 Å². The lowest BCUT2D eigenvalue weighted by atomic mass is 9.76. The Hall–Kier alpha value is -1.14. The Morgan fingerprint density at radius 3 is 2.30 bits per heavy atom. The predicted octanol–water partition coefficient (Wildman–Crippen LogP) is 2.11. The van der Waals surface area contributed by atoms with Gasteiger partial charge in [-0.05, 0) is 36.3 Å². The lowest BCUT2D eigenvalue weighted by Crippen LogP contribution is -2.41. The largest absolute Gasteiger partial charge is 0.384 e. The smallest absolute Gasteiger partial charge is 0.244 e. The van der Waals surface area contributed by atoms with E-state index in [4.69, 9.17) is 5.73 Å². The van der Waals surface area contributed by atoms with E-state index in [-0.39, 0.29) is 10.3 Å². The lowest BCUT2D eigenvalue weighted by Gasteiger charge is -2.38. The lowest BCUT2D eigenvalue weighted by molar-refractivity contribution is 0.154. The standard InChI is InChI=1S/C14H23N3O2S/c1-14(2,3)11-6-8-17(9-7-11)20(18,19)12-4-5-13(15)16-10-12/h4-5,10-11H,6-9H2,1-3H3,(H2,15,16). The fraction of sp³-hybridized carbons (Fsp3) is 0.643. The van der Waals surface area contributed by atoms with Crippen molar-refractivity contribution in [2.75, 3.05) is 18.8 Å². The molecule has 6 heteroatoms. The summed E-state index contributed by atoms with van der Waals surface area (Å²) < 4.78 is 26.6. The molecule has 1 aromatic rings. The summed E-state index contributed by atoms with van der Waals surface area (Å²) in [7, 11) is -3.43. The molecule has 0 aliphatic carbocycles. The van der Waals surface area contributed by atoms with Gasteiger partial charge < -0.3 is 5.73 Å². The Bertz CT molecular complexity index is 553. The van der Waals surface area contributed by atoms with E-state index in [1.165, 1.54) is 18.3 Å². The molecule has 1 fully saturated rings. The number of nitrogen functional groups attached to an aromatic ring is 1. The summed E-state index contributed by atoms with van der Waals surface area (Å²) in [5, 5.41) is 0. The van der Waals surface area contributed by atoms with E-state index in [1.807, 2.05) is 0 Å². The molecule has 1 aromatic heterocycles. The molecule has 1 aliphatic rings. The van der Waals surface area contributed by atoms with Gasteiger partial charge >= 0.3 is 0 Å². The van der Waals surface area contributed by atoms with Gasteiger partial charge in [-0.15, -0.1) is 0 Å². The van der Waals surface area contributed by atoms with E-state index < -0.39 is 10.0 Å². The van der Waals surface area contributed by atoms with Crippen molar-refractivity contribution in [1.82, 2.24) is 9.29 Å². The van der Waals surface area contributed by atoms with E-state index in [1.54, 1.807) is 4.31 Å². The number of hydrogen-bond donors (Lipinski definition) is 1. The van der Waals surface area contributed by atoms with Crippen molar-refractivity contribution >= 4 is 15.8 Å². The number of rotatable bonds is 2. The highest BCUT2D eigenvalue weighted by molar-refractivity contribution is 7.89. The van der Waals surface area contributed by atoms with E-state index in [2.05, 4.69) is 25.8 Å². The number of nitrogens with two attached hydrogens (primary N) is 1. The second-order valence-corrected chi connectivity index (χ2v) is 8.40. The van der Waals surface area contributed by atoms with Crippen molar-refractivity contribution in [2.24, 2.45) is 11.3 Å². The zero-order valence-corrected chi connectivity index (χ0v) is 13.2. The molecule has 1 aliphatic heterocycles. The molecule has 0 amide bonds. The maximum atomic E-state index is 12.5. The number of sulfonamides is 1. The van der Waals surface area contributed by atoms with Crippen LogP contribution >= 0.6 is 0 Å². The summed E-state index contributed by atoms with van der Waals surface area (Å²) in [5.41, 5.74) is 5.73. The van der Waals surface area contributed by atoms with Crippen molar-refractivity contribution in [3.05, 3.63) is 18.3 Å². The molecule has 0 unspecified atom stereocenters. The molecule has 2 rings (SSSR count). The molecule has 2 heterocycles. The second kappa shape index (κ2) is 5.33. The van der Waals surface area contributed by atoms with Crippen molar-refractivity contribution in [3.8, 4) is 0 Å². The molecule has 1 saturated heterocycles. The average molecular weight is 297 g/mol. The molecule has 5 nitrogen and oxygen atoms in total. The molecule has 20 heavy (non-hydrogen) atoms. The van der Waals surface area contributed by atoms with Crippen molar-refractivity contribution in [3.63, 3.8) is 0 Å². The molecule has 112 valence electrons. The summed E-state index contributed by atoms with van der Waals surface area (Å²) in [5.74, 6) is 0.897. The summed E-state index contributed by atoms with van der Waals surface area (Å²) in [4.78, 5) is 4.09. The van der Waals surface area contributed by atoms with Crippen LogP contribution in [0.4, 0.5) is 5.82 Å². The molecule has 0 radical (unpaired) electrons. The Kier molecular flexibility index (Phi) is 4.07. The normalized spacial score (nSPS) is 19.1. The molecule has 0 aromatic carbocycles. The number of anilines is 1. The number of piperidine rings is 1. The first-order valence-corrected chi connectivity index (χ1v) is 8.37. The van der Waals surface area contributed by atoms with E-state index >= 15 is 0 Å². The van der Waals surface area contributed by atoms with Gasteiger partial charge in [0, 0.05) is 19.3 Å². The zero-order chi connectivity index (χ0) is 15.0. The van der Waals surface area contributed by atoms with Crippen LogP contribution in [0.5, 0.6) is 0 Å². The third-order valence-electron chi connectivity index (χ3n) is 4.08. The van der Waals surface area contributed by atoms with Crippen LogP contribution in [0, 0.1) is 11.3 Å². The van der Waals surface area contributed by atoms with Crippen molar-refractivity contribution in [2.45, 2.75) is 38.5 Å². The maximum absolute atomic E-state index is 12.5. The molecule has 0 atom stereocenters. The van der Waals surface area contributed by atoms with Gasteiger partial charge in [-0.1, -0.05) is 20.8 Å². The minimum atomic E-state index is -3.43. The van der Waals surface area contributed by atoms with Gasteiger partial charge in [-0.25, -0.2) is 13.4 Å². The van der Waals surface area contributed by atoms with E-state index in [9.17, 15) is 8.42 Å². The van der Waals surface area contributed by atoms with Gasteiger partial charge in [-0.3, -0.25) is 0 Å². The molecule has 0 spiro atoms. The Morgan fingerprint density at radius 2 is 1.85 bits per heavy atom. The Balaban J connectivity index is 2.11. The van der Waals surface area contributed by atoms with Crippen molar-refractivity contribution < 1.29 is 8.42 Å². The highest BCUT2D eigenvalue weighted by atomic mass is 32.2. The minimum Gasteiger partial charge on any atom is -0.384 e. The summed E-state index contributed by atoms with van der Waals surface area (Å²) in [6.45, 7) is 7.80. The fourth-order valence-corrected chi connectivity index (χ4v) is 4.07. The first kappa shape index (κ1) is 15.3. The number of nitrogens with zero attached hydrogens (tertiary/aromatic N) is 2. The predicted molar refractivity (Wildman–Crippen MR) is 79.6 cm³/mol. The average Bonchev–Trinajstić information content (AvgIpc) is 2.38. The first-order chi connectivity index (χ1) is 9.21. The number of hydrogen-bond acceptors (Lipinski definition) is 4. The van der Waals surface area contributed by atoms with E-state index in [0.717, 1.165) is 12.8 Å². The third-order valence-corrected chi connectivity index (χ3v) is 5.96. The topological polar surface area (TPSA) is 76.3 Å². The Labute approximate surface area is 121 Å².